The zero-order chi connectivity index (χ0) is 13.5. The third-order valence-corrected chi connectivity index (χ3v) is 2.43. The number of alkyl carbamates (subject to hydrolysis) is 1. The average Bonchev–Trinajstić information content (AvgIpc) is 2.34. The van der Waals surface area contributed by atoms with E-state index in [1.165, 1.54) is 7.05 Å². The SMILES string of the molecule is CNC(=O)O[C@@H](COC(N)=O)c1ccccc1Cl. The number of ether oxygens (including phenoxy) is 2. The number of primary amides is 1. The molecule has 0 aliphatic rings. The maximum Gasteiger partial charge on any atom is 0.407 e. The summed E-state index contributed by atoms with van der Waals surface area (Å²) in [6.07, 6.45) is -2.42. The Bertz CT molecular complexity index is 439. The molecule has 18 heavy (non-hydrogen) atoms. The molecule has 1 rings (SSSR count). The zero-order valence-electron chi connectivity index (χ0n) is 9.68. The molecule has 0 radical (unpaired) electrons. The Hall–Kier alpha value is -1.95. The first-order valence-corrected chi connectivity index (χ1v) is 5.47. The molecule has 1 atom stereocenters. The maximum absolute atomic E-state index is 11.2. The lowest BCUT2D eigenvalue weighted by atomic mass is 10.1. The van der Waals surface area contributed by atoms with Crippen LogP contribution in [0.5, 0.6) is 0 Å². The van der Waals surface area contributed by atoms with E-state index in [2.05, 4.69) is 10.1 Å². The van der Waals surface area contributed by atoms with Crippen LogP contribution in [0.25, 0.3) is 0 Å². The van der Waals surface area contributed by atoms with Crippen molar-refractivity contribution in [2.75, 3.05) is 13.7 Å². The van der Waals surface area contributed by atoms with Crippen LogP contribution < -0.4 is 11.1 Å². The largest absolute Gasteiger partial charge is 0.445 e. The summed E-state index contributed by atoms with van der Waals surface area (Å²) >= 11 is 5.98. The molecule has 1 aromatic rings. The average molecular weight is 273 g/mol. The van der Waals surface area contributed by atoms with Crippen molar-refractivity contribution in [1.82, 2.24) is 5.32 Å². The quantitative estimate of drug-likeness (QED) is 0.875. The summed E-state index contributed by atoms with van der Waals surface area (Å²) in [4.78, 5) is 21.8. The van der Waals surface area contributed by atoms with Crippen LogP contribution in [0.4, 0.5) is 9.59 Å². The van der Waals surface area contributed by atoms with Gasteiger partial charge < -0.3 is 20.5 Å². The maximum atomic E-state index is 11.2. The van der Waals surface area contributed by atoms with Gasteiger partial charge in [-0.2, -0.15) is 0 Å². The lowest BCUT2D eigenvalue weighted by molar-refractivity contribution is 0.0474. The first-order valence-electron chi connectivity index (χ1n) is 5.09. The van der Waals surface area contributed by atoms with E-state index < -0.39 is 18.3 Å². The third-order valence-electron chi connectivity index (χ3n) is 2.08. The van der Waals surface area contributed by atoms with Crippen molar-refractivity contribution in [1.29, 1.82) is 0 Å². The molecule has 6 nitrogen and oxygen atoms in total. The minimum atomic E-state index is -0.951. The van der Waals surface area contributed by atoms with E-state index in [1.54, 1.807) is 24.3 Å². The molecule has 0 saturated carbocycles. The number of hydrogen-bond donors (Lipinski definition) is 2. The molecule has 2 amide bonds. The highest BCUT2D eigenvalue weighted by atomic mass is 35.5. The van der Waals surface area contributed by atoms with E-state index in [4.69, 9.17) is 22.1 Å². The number of halogens is 1. The van der Waals surface area contributed by atoms with E-state index in [0.717, 1.165) is 0 Å². The normalized spacial score (nSPS) is 11.4. The van der Waals surface area contributed by atoms with Crippen LogP contribution in [0, 0.1) is 0 Å². The van der Waals surface area contributed by atoms with Crippen LogP contribution in [0.1, 0.15) is 11.7 Å². The van der Waals surface area contributed by atoms with Gasteiger partial charge >= 0.3 is 12.2 Å². The van der Waals surface area contributed by atoms with Crippen molar-refractivity contribution in [3.8, 4) is 0 Å². The molecule has 0 unspecified atom stereocenters. The molecule has 0 aliphatic heterocycles. The van der Waals surface area contributed by atoms with E-state index in [0.29, 0.717) is 10.6 Å². The number of benzene rings is 1. The molecule has 98 valence electrons. The predicted molar refractivity (Wildman–Crippen MR) is 65.3 cm³/mol. The number of carbonyl (C=O) groups is 2. The van der Waals surface area contributed by atoms with Gasteiger partial charge in [0.15, 0.2) is 6.10 Å². The number of hydrogen-bond acceptors (Lipinski definition) is 4. The molecule has 0 fully saturated rings. The lowest BCUT2D eigenvalue weighted by Gasteiger charge is -2.18. The van der Waals surface area contributed by atoms with Crippen LogP contribution in [0.15, 0.2) is 24.3 Å². The van der Waals surface area contributed by atoms with Crippen molar-refractivity contribution < 1.29 is 19.1 Å². The first-order chi connectivity index (χ1) is 8.54. The van der Waals surface area contributed by atoms with Crippen LogP contribution in [-0.4, -0.2) is 25.8 Å². The van der Waals surface area contributed by atoms with Crippen LogP contribution >= 0.6 is 11.6 Å². The molecule has 0 aromatic heterocycles. The lowest BCUT2D eigenvalue weighted by Crippen LogP contribution is -2.26. The summed E-state index contributed by atoms with van der Waals surface area (Å²) in [5, 5.41) is 2.70. The van der Waals surface area contributed by atoms with E-state index in [-0.39, 0.29) is 6.61 Å². The summed E-state index contributed by atoms with van der Waals surface area (Å²) in [6.45, 7) is -0.202. The molecule has 0 saturated heterocycles. The van der Waals surface area contributed by atoms with Gasteiger partial charge in [0.25, 0.3) is 0 Å². The van der Waals surface area contributed by atoms with Crippen LogP contribution in [0.3, 0.4) is 0 Å². The minimum absolute atomic E-state index is 0.202. The Morgan fingerprint density at radius 2 is 2.11 bits per heavy atom. The topological polar surface area (TPSA) is 90.7 Å². The summed E-state index contributed by atoms with van der Waals surface area (Å²) in [7, 11) is 1.42. The Labute approximate surface area is 109 Å². The van der Waals surface area contributed by atoms with Crippen LogP contribution in [-0.2, 0) is 9.47 Å². The number of nitrogens with two attached hydrogens (primary N) is 1. The van der Waals surface area contributed by atoms with Gasteiger partial charge in [-0.05, 0) is 6.07 Å². The molecular weight excluding hydrogens is 260 g/mol. The molecular formula is C11H13ClN2O4. The van der Waals surface area contributed by atoms with Crippen molar-refractivity contribution in [2.45, 2.75) is 6.10 Å². The first kappa shape index (κ1) is 14.1. The predicted octanol–water partition coefficient (Wildman–Crippen LogP) is 1.83. The van der Waals surface area contributed by atoms with Gasteiger partial charge in [0.1, 0.15) is 6.61 Å². The number of rotatable bonds is 4. The second kappa shape index (κ2) is 6.70. The molecule has 0 bridgehead atoms. The molecule has 0 heterocycles. The molecule has 0 spiro atoms. The van der Waals surface area contributed by atoms with Crippen molar-refractivity contribution >= 4 is 23.8 Å². The Balaban J connectivity index is 2.85. The van der Waals surface area contributed by atoms with Gasteiger partial charge in [0.05, 0.1) is 0 Å². The van der Waals surface area contributed by atoms with Gasteiger partial charge in [-0.15, -0.1) is 0 Å². The second-order valence-electron chi connectivity index (χ2n) is 3.30. The van der Waals surface area contributed by atoms with Gasteiger partial charge in [-0.3, -0.25) is 0 Å². The highest BCUT2D eigenvalue weighted by Crippen LogP contribution is 2.25. The number of amides is 2. The Morgan fingerprint density at radius 3 is 2.67 bits per heavy atom. The minimum Gasteiger partial charge on any atom is -0.445 e. The fourth-order valence-corrected chi connectivity index (χ4v) is 1.53. The summed E-state index contributed by atoms with van der Waals surface area (Å²) in [6, 6.07) is 6.77. The standard InChI is InChI=1S/C11H13ClN2O4/c1-14-11(16)18-9(6-17-10(13)15)7-4-2-3-5-8(7)12/h2-5,9H,6H2,1H3,(H2,13,15)(H,14,16)/t9-/m0/s1. The van der Waals surface area contributed by atoms with E-state index >= 15 is 0 Å². The monoisotopic (exact) mass is 272 g/mol. The summed E-state index contributed by atoms with van der Waals surface area (Å²) in [5.74, 6) is 0. The van der Waals surface area contributed by atoms with E-state index in [9.17, 15) is 9.59 Å². The summed E-state index contributed by atoms with van der Waals surface area (Å²) in [5.41, 5.74) is 5.40. The zero-order valence-corrected chi connectivity index (χ0v) is 10.4. The van der Waals surface area contributed by atoms with Crippen molar-refractivity contribution in [2.24, 2.45) is 5.73 Å². The smallest absolute Gasteiger partial charge is 0.407 e. The van der Waals surface area contributed by atoms with Gasteiger partial charge in [-0.1, -0.05) is 29.8 Å². The Kier molecular flexibility index (Phi) is 5.26. The van der Waals surface area contributed by atoms with E-state index in [1.807, 2.05) is 0 Å². The van der Waals surface area contributed by atoms with Gasteiger partial charge in [0, 0.05) is 17.6 Å². The number of nitrogens with one attached hydrogen (secondary N) is 1. The highest BCUT2D eigenvalue weighted by molar-refractivity contribution is 6.31. The number of carbonyl (C=O) groups excluding carboxylic acids is 2. The molecule has 3 N–H and O–H groups in total. The Morgan fingerprint density at radius 1 is 1.44 bits per heavy atom. The summed E-state index contributed by atoms with van der Waals surface area (Å²) < 4.78 is 9.68. The third kappa shape index (κ3) is 4.14. The fraction of sp³-hybridized carbons (Fsp3) is 0.273. The molecule has 7 heteroatoms. The highest BCUT2D eigenvalue weighted by Gasteiger charge is 2.20. The molecule has 0 aliphatic carbocycles. The van der Waals surface area contributed by atoms with Crippen molar-refractivity contribution in [3.05, 3.63) is 34.9 Å². The van der Waals surface area contributed by atoms with Crippen LogP contribution in [0.2, 0.25) is 5.02 Å². The van der Waals surface area contributed by atoms with Gasteiger partial charge in [0.2, 0.25) is 0 Å². The fourth-order valence-electron chi connectivity index (χ4n) is 1.27. The van der Waals surface area contributed by atoms with Crippen molar-refractivity contribution in [3.63, 3.8) is 0 Å². The molecule has 1 aromatic carbocycles. The second-order valence-corrected chi connectivity index (χ2v) is 3.70. The van der Waals surface area contributed by atoms with Gasteiger partial charge in [-0.25, -0.2) is 9.59 Å².